The van der Waals surface area contributed by atoms with Crippen molar-refractivity contribution in [3.05, 3.63) is 33.7 Å². The Bertz CT molecular complexity index is 560. The molecule has 22 heavy (non-hydrogen) atoms. The van der Waals surface area contributed by atoms with E-state index >= 15 is 0 Å². The maximum Gasteiger partial charge on any atom is 0.251 e. The number of aromatic amines is 1. The number of hydrogen-bond donors (Lipinski definition) is 2. The molecule has 6 nitrogen and oxygen atoms in total. The summed E-state index contributed by atoms with van der Waals surface area (Å²) in [4.78, 5) is 30.9. The Kier molecular flexibility index (Phi) is 5.74. The number of likely N-dealkylation sites (N-methyl/N-ethyl adjacent to an activating group) is 1. The number of carbonyl (C=O) groups excluding carboxylic acids is 1. The Hall–Kier alpha value is -1.66. The van der Waals surface area contributed by atoms with Crippen molar-refractivity contribution in [3.63, 3.8) is 0 Å². The van der Waals surface area contributed by atoms with Gasteiger partial charge in [0.05, 0.1) is 0 Å². The number of H-pyrrole nitrogens is 1. The van der Waals surface area contributed by atoms with E-state index in [0.29, 0.717) is 11.3 Å². The summed E-state index contributed by atoms with van der Waals surface area (Å²) in [6.07, 6.45) is 1.92. The SMILES string of the molecule is Cc1cc(C(=O)NC2CCN(CCN(C)C)CC2)cc(=O)[nH]1. The first-order chi connectivity index (χ1) is 10.4. The second kappa shape index (κ2) is 7.56. The minimum absolute atomic E-state index is 0.152. The van der Waals surface area contributed by atoms with Crippen LogP contribution in [0.5, 0.6) is 0 Å². The van der Waals surface area contributed by atoms with Crippen molar-refractivity contribution < 1.29 is 4.79 Å². The van der Waals surface area contributed by atoms with Crippen LogP contribution in [-0.4, -0.2) is 67.0 Å². The zero-order chi connectivity index (χ0) is 16.1. The normalized spacial score (nSPS) is 16.9. The van der Waals surface area contributed by atoms with Gasteiger partial charge in [-0.25, -0.2) is 0 Å². The topological polar surface area (TPSA) is 68.4 Å². The van der Waals surface area contributed by atoms with E-state index in [4.69, 9.17) is 0 Å². The molecule has 1 saturated heterocycles. The number of piperidine rings is 1. The van der Waals surface area contributed by atoms with E-state index in [2.05, 4.69) is 34.2 Å². The number of aryl methyl sites for hydroxylation is 1. The Morgan fingerprint density at radius 3 is 2.64 bits per heavy atom. The van der Waals surface area contributed by atoms with Crippen LogP contribution in [0, 0.1) is 6.92 Å². The largest absolute Gasteiger partial charge is 0.349 e. The smallest absolute Gasteiger partial charge is 0.251 e. The van der Waals surface area contributed by atoms with Crippen LogP contribution in [0.2, 0.25) is 0 Å². The molecular weight excluding hydrogens is 280 g/mol. The van der Waals surface area contributed by atoms with Gasteiger partial charge in [-0.3, -0.25) is 9.59 Å². The van der Waals surface area contributed by atoms with Crippen LogP contribution in [0.15, 0.2) is 16.9 Å². The van der Waals surface area contributed by atoms with Crippen LogP contribution in [0.3, 0.4) is 0 Å². The van der Waals surface area contributed by atoms with Crippen LogP contribution >= 0.6 is 0 Å². The van der Waals surface area contributed by atoms with Gasteiger partial charge in [0.25, 0.3) is 5.91 Å². The maximum atomic E-state index is 12.2. The molecular formula is C16H26N4O2. The molecule has 122 valence electrons. The quantitative estimate of drug-likeness (QED) is 0.828. The first kappa shape index (κ1) is 16.7. The Balaban J connectivity index is 1.83. The van der Waals surface area contributed by atoms with Crippen molar-refractivity contribution in [2.75, 3.05) is 40.3 Å². The molecule has 0 radical (unpaired) electrons. The molecule has 1 aromatic heterocycles. The number of pyridine rings is 1. The van der Waals surface area contributed by atoms with Crippen molar-refractivity contribution in [2.45, 2.75) is 25.8 Å². The number of likely N-dealkylation sites (tertiary alicyclic amines) is 1. The third kappa shape index (κ3) is 4.96. The summed E-state index contributed by atoms with van der Waals surface area (Å²) in [5, 5.41) is 3.05. The molecule has 2 rings (SSSR count). The van der Waals surface area contributed by atoms with Gasteiger partial charge in [-0.05, 0) is 39.9 Å². The first-order valence-electron chi connectivity index (χ1n) is 7.83. The van der Waals surface area contributed by atoms with Crippen molar-refractivity contribution in [2.24, 2.45) is 0 Å². The molecule has 0 unspecified atom stereocenters. The van der Waals surface area contributed by atoms with Gasteiger partial charge in [0.1, 0.15) is 0 Å². The molecule has 0 saturated carbocycles. The minimum atomic E-state index is -0.233. The summed E-state index contributed by atoms with van der Waals surface area (Å²) in [7, 11) is 4.16. The monoisotopic (exact) mass is 306 g/mol. The van der Waals surface area contributed by atoms with Crippen LogP contribution in [-0.2, 0) is 0 Å². The first-order valence-corrected chi connectivity index (χ1v) is 7.83. The van der Waals surface area contributed by atoms with Gasteiger partial charge in [0, 0.05) is 49.5 Å². The lowest BCUT2D eigenvalue weighted by atomic mass is 10.0. The lowest BCUT2D eigenvalue weighted by Crippen LogP contribution is -2.46. The molecule has 0 spiro atoms. The van der Waals surface area contributed by atoms with Gasteiger partial charge < -0.3 is 20.1 Å². The van der Waals surface area contributed by atoms with Gasteiger partial charge >= 0.3 is 0 Å². The van der Waals surface area contributed by atoms with E-state index in [-0.39, 0.29) is 17.5 Å². The Labute approximate surface area is 131 Å². The molecule has 1 aliphatic heterocycles. The highest BCUT2D eigenvalue weighted by atomic mass is 16.2. The molecule has 6 heteroatoms. The van der Waals surface area contributed by atoms with Crippen molar-refractivity contribution in [1.29, 1.82) is 0 Å². The fourth-order valence-corrected chi connectivity index (χ4v) is 2.72. The van der Waals surface area contributed by atoms with Gasteiger partial charge in [0.15, 0.2) is 0 Å². The summed E-state index contributed by atoms with van der Waals surface area (Å²) in [6, 6.07) is 3.26. The van der Waals surface area contributed by atoms with E-state index in [1.165, 1.54) is 6.07 Å². The van der Waals surface area contributed by atoms with Gasteiger partial charge in [0.2, 0.25) is 5.56 Å². The maximum absolute atomic E-state index is 12.2. The standard InChI is InChI=1S/C16H26N4O2/c1-12-10-13(11-15(21)17-12)16(22)18-14-4-6-20(7-5-14)9-8-19(2)3/h10-11,14H,4-9H2,1-3H3,(H,17,21)(H,18,22). The Morgan fingerprint density at radius 2 is 2.05 bits per heavy atom. The average Bonchev–Trinajstić information content (AvgIpc) is 2.45. The third-order valence-corrected chi connectivity index (χ3v) is 4.03. The third-order valence-electron chi connectivity index (χ3n) is 4.03. The van der Waals surface area contributed by atoms with Crippen molar-refractivity contribution in [3.8, 4) is 0 Å². The summed E-state index contributed by atoms with van der Waals surface area (Å²) in [5.41, 5.74) is 0.913. The summed E-state index contributed by atoms with van der Waals surface area (Å²) < 4.78 is 0. The summed E-state index contributed by atoms with van der Waals surface area (Å²) in [5.74, 6) is -0.152. The van der Waals surface area contributed by atoms with Crippen LogP contribution in [0.1, 0.15) is 28.9 Å². The number of aromatic nitrogens is 1. The second-order valence-corrected chi connectivity index (χ2v) is 6.31. The molecule has 1 aromatic rings. The molecule has 1 fully saturated rings. The highest BCUT2D eigenvalue weighted by molar-refractivity contribution is 5.94. The molecule has 0 aliphatic carbocycles. The number of nitrogens with zero attached hydrogens (tertiary/aromatic N) is 2. The highest BCUT2D eigenvalue weighted by Crippen LogP contribution is 2.11. The van der Waals surface area contributed by atoms with Gasteiger partial charge in [-0.15, -0.1) is 0 Å². The molecule has 0 atom stereocenters. The Morgan fingerprint density at radius 1 is 1.36 bits per heavy atom. The lowest BCUT2D eigenvalue weighted by Gasteiger charge is -2.32. The van der Waals surface area contributed by atoms with Crippen LogP contribution in [0.4, 0.5) is 0 Å². The molecule has 1 aliphatic rings. The molecule has 1 amide bonds. The zero-order valence-corrected chi connectivity index (χ0v) is 13.7. The van der Waals surface area contributed by atoms with E-state index in [0.717, 1.165) is 39.0 Å². The number of hydrogen-bond acceptors (Lipinski definition) is 4. The fraction of sp³-hybridized carbons (Fsp3) is 0.625. The van der Waals surface area contributed by atoms with Crippen LogP contribution in [0.25, 0.3) is 0 Å². The summed E-state index contributed by atoms with van der Waals surface area (Å²) in [6.45, 7) is 5.92. The number of rotatable bonds is 5. The minimum Gasteiger partial charge on any atom is -0.349 e. The molecule has 0 bridgehead atoms. The van der Waals surface area contributed by atoms with Crippen LogP contribution < -0.4 is 10.9 Å². The molecule has 2 N–H and O–H groups in total. The predicted molar refractivity (Wildman–Crippen MR) is 87.3 cm³/mol. The fourth-order valence-electron chi connectivity index (χ4n) is 2.72. The van der Waals surface area contributed by atoms with E-state index in [1.807, 2.05) is 0 Å². The second-order valence-electron chi connectivity index (χ2n) is 6.31. The van der Waals surface area contributed by atoms with E-state index < -0.39 is 0 Å². The summed E-state index contributed by atoms with van der Waals surface area (Å²) >= 11 is 0. The van der Waals surface area contributed by atoms with E-state index in [1.54, 1.807) is 13.0 Å². The van der Waals surface area contributed by atoms with Crippen molar-refractivity contribution >= 4 is 5.91 Å². The lowest BCUT2D eigenvalue weighted by molar-refractivity contribution is 0.0909. The predicted octanol–water partition coefficient (Wildman–Crippen LogP) is 0.439. The van der Waals surface area contributed by atoms with Gasteiger partial charge in [-0.1, -0.05) is 0 Å². The number of amides is 1. The molecule has 0 aromatic carbocycles. The highest BCUT2D eigenvalue weighted by Gasteiger charge is 2.21. The molecule has 2 heterocycles. The number of carbonyl (C=O) groups is 1. The van der Waals surface area contributed by atoms with Gasteiger partial charge in [-0.2, -0.15) is 0 Å². The average molecular weight is 306 g/mol. The zero-order valence-electron chi connectivity index (χ0n) is 13.7. The van der Waals surface area contributed by atoms with E-state index in [9.17, 15) is 9.59 Å². The number of nitrogens with one attached hydrogen (secondary N) is 2. The van der Waals surface area contributed by atoms with Crippen molar-refractivity contribution in [1.82, 2.24) is 20.1 Å².